The SMILES string of the molecule is S=C(NN=C1/C(=C\c2ccc(Cl)cc2)CCC/C1=C\c1ccc(Cl)cc1)Nc1ccc(Cl)cc1. The van der Waals surface area contributed by atoms with Crippen molar-refractivity contribution in [3.63, 3.8) is 0 Å². The molecule has 0 atom stereocenters. The molecule has 1 fully saturated rings. The van der Waals surface area contributed by atoms with Gasteiger partial charge in [0, 0.05) is 20.8 Å². The molecule has 1 aliphatic carbocycles. The molecule has 34 heavy (non-hydrogen) atoms. The quantitative estimate of drug-likeness (QED) is 0.264. The number of hydrogen-bond acceptors (Lipinski definition) is 2. The molecule has 0 heterocycles. The Morgan fingerprint density at radius 2 is 1.15 bits per heavy atom. The standard InChI is InChI=1S/C27H22Cl3N3S/c28-22-8-4-18(5-9-22)16-20-2-1-3-21(17-19-6-10-23(29)11-7-19)26(20)32-33-27(34)31-25-14-12-24(30)13-15-25/h4-17H,1-3H2,(H2,31,33,34)/b20-16-,21-17+,32-26?. The number of thiocarbonyl (C=S) groups is 1. The highest BCUT2D eigenvalue weighted by atomic mass is 35.5. The van der Waals surface area contributed by atoms with E-state index in [0.29, 0.717) is 20.2 Å². The average molecular weight is 527 g/mol. The maximum Gasteiger partial charge on any atom is 0.191 e. The summed E-state index contributed by atoms with van der Waals surface area (Å²) in [7, 11) is 0. The maximum atomic E-state index is 6.07. The number of rotatable bonds is 4. The van der Waals surface area contributed by atoms with Gasteiger partial charge in [0.25, 0.3) is 0 Å². The van der Waals surface area contributed by atoms with E-state index in [1.54, 1.807) is 12.1 Å². The Balaban J connectivity index is 1.63. The van der Waals surface area contributed by atoms with Crippen LogP contribution in [-0.4, -0.2) is 10.8 Å². The molecular formula is C27H22Cl3N3S. The highest BCUT2D eigenvalue weighted by Crippen LogP contribution is 2.29. The van der Waals surface area contributed by atoms with E-state index in [1.165, 1.54) is 0 Å². The molecule has 0 amide bonds. The Labute approximate surface area is 220 Å². The van der Waals surface area contributed by atoms with Crippen LogP contribution in [0.2, 0.25) is 15.1 Å². The van der Waals surface area contributed by atoms with E-state index >= 15 is 0 Å². The van der Waals surface area contributed by atoms with Crippen molar-refractivity contribution < 1.29 is 0 Å². The van der Waals surface area contributed by atoms with Crippen molar-refractivity contribution in [3.8, 4) is 0 Å². The number of nitrogens with zero attached hydrogens (tertiary/aromatic N) is 1. The highest BCUT2D eigenvalue weighted by molar-refractivity contribution is 7.80. The number of halogens is 3. The molecule has 0 unspecified atom stereocenters. The molecular weight excluding hydrogens is 505 g/mol. The molecule has 0 bridgehead atoms. The van der Waals surface area contributed by atoms with Gasteiger partial charge < -0.3 is 5.32 Å². The smallest absolute Gasteiger partial charge is 0.191 e. The first-order valence-corrected chi connectivity index (χ1v) is 12.3. The van der Waals surface area contributed by atoms with Gasteiger partial charge in [0.15, 0.2) is 5.11 Å². The zero-order valence-corrected chi connectivity index (χ0v) is 21.3. The van der Waals surface area contributed by atoms with Crippen LogP contribution in [0.25, 0.3) is 12.2 Å². The fourth-order valence-electron chi connectivity index (χ4n) is 3.66. The lowest BCUT2D eigenvalue weighted by atomic mass is 9.86. The number of benzene rings is 3. The summed E-state index contributed by atoms with van der Waals surface area (Å²) in [4.78, 5) is 0. The fourth-order valence-corrected chi connectivity index (χ4v) is 4.20. The second-order valence-electron chi connectivity index (χ2n) is 7.83. The molecule has 4 rings (SSSR count). The summed E-state index contributed by atoms with van der Waals surface area (Å²) in [5.74, 6) is 0. The molecule has 172 valence electrons. The van der Waals surface area contributed by atoms with Crippen LogP contribution in [0.4, 0.5) is 5.69 Å². The van der Waals surface area contributed by atoms with Gasteiger partial charge in [0.05, 0.1) is 5.71 Å². The van der Waals surface area contributed by atoms with E-state index in [2.05, 4.69) is 22.9 Å². The van der Waals surface area contributed by atoms with Crippen LogP contribution in [0.3, 0.4) is 0 Å². The lowest BCUT2D eigenvalue weighted by Crippen LogP contribution is -2.26. The Kier molecular flexibility index (Phi) is 8.41. The van der Waals surface area contributed by atoms with E-state index < -0.39 is 0 Å². The number of hydrazone groups is 1. The molecule has 3 aromatic carbocycles. The van der Waals surface area contributed by atoms with Crippen molar-refractivity contribution in [1.82, 2.24) is 5.43 Å². The zero-order valence-electron chi connectivity index (χ0n) is 18.2. The summed E-state index contributed by atoms with van der Waals surface area (Å²) in [5.41, 5.74) is 9.15. The van der Waals surface area contributed by atoms with Gasteiger partial charge >= 0.3 is 0 Å². The summed E-state index contributed by atoms with van der Waals surface area (Å²) in [6.45, 7) is 0. The number of hydrogen-bond donors (Lipinski definition) is 2. The fraction of sp³-hybridized carbons (Fsp3) is 0.111. The van der Waals surface area contributed by atoms with Crippen LogP contribution < -0.4 is 10.7 Å². The monoisotopic (exact) mass is 525 g/mol. The van der Waals surface area contributed by atoms with Crippen molar-refractivity contribution >= 4 is 75.7 Å². The van der Waals surface area contributed by atoms with E-state index in [-0.39, 0.29) is 0 Å². The van der Waals surface area contributed by atoms with Gasteiger partial charge in [-0.15, -0.1) is 0 Å². The van der Waals surface area contributed by atoms with E-state index in [9.17, 15) is 0 Å². The molecule has 7 heteroatoms. The minimum absolute atomic E-state index is 0.400. The largest absolute Gasteiger partial charge is 0.331 e. The first-order valence-electron chi connectivity index (χ1n) is 10.8. The second-order valence-corrected chi connectivity index (χ2v) is 9.55. The lowest BCUT2D eigenvalue weighted by Gasteiger charge is -2.21. The van der Waals surface area contributed by atoms with Crippen molar-refractivity contribution in [2.45, 2.75) is 19.3 Å². The van der Waals surface area contributed by atoms with Crippen molar-refractivity contribution in [2.75, 3.05) is 5.32 Å². The second kappa shape index (κ2) is 11.7. The van der Waals surface area contributed by atoms with Crippen LogP contribution in [0.5, 0.6) is 0 Å². The lowest BCUT2D eigenvalue weighted by molar-refractivity contribution is 0.812. The molecule has 1 saturated carbocycles. The minimum atomic E-state index is 0.400. The molecule has 2 N–H and O–H groups in total. The van der Waals surface area contributed by atoms with Gasteiger partial charge in [-0.3, -0.25) is 5.43 Å². The van der Waals surface area contributed by atoms with Gasteiger partial charge in [-0.2, -0.15) is 5.10 Å². The molecule has 3 nitrogen and oxygen atoms in total. The van der Waals surface area contributed by atoms with Gasteiger partial charge in [0.1, 0.15) is 0 Å². The molecule has 0 aliphatic heterocycles. The van der Waals surface area contributed by atoms with Crippen LogP contribution in [0, 0.1) is 0 Å². The third-order valence-electron chi connectivity index (χ3n) is 5.29. The van der Waals surface area contributed by atoms with Crippen LogP contribution >= 0.6 is 47.0 Å². The Morgan fingerprint density at radius 1 is 0.706 bits per heavy atom. The summed E-state index contributed by atoms with van der Waals surface area (Å²) < 4.78 is 0. The van der Waals surface area contributed by atoms with Gasteiger partial charge in [-0.1, -0.05) is 59.1 Å². The number of nitrogens with one attached hydrogen (secondary N) is 2. The molecule has 0 aromatic heterocycles. The molecule has 1 aliphatic rings. The first-order chi connectivity index (χ1) is 16.5. The van der Waals surface area contributed by atoms with Gasteiger partial charge in [-0.25, -0.2) is 0 Å². The van der Waals surface area contributed by atoms with E-state index in [4.69, 9.17) is 52.1 Å². The van der Waals surface area contributed by atoms with Crippen LogP contribution in [0.15, 0.2) is 89.0 Å². The predicted octanol–water partition coefficient (Wildman–Crippen LogP) is 8.64. The first kappa shape index (κ1) is 24.5. The van der Waals surface area contributed by atoms with Crippen LogP contribution in [0.1, 0.15) is 30.4 Å². The number of anilines is 1. The maximum absolute atomic E-state index is 6.07. The number of allylic oxidation sites excluding steroid dienone is 2. The summed E-state index contributed by atoms with van der Waals surface area (Å²) >= 11 is 23.6. The average Bonchev–Trinajstić information content (AvgIpc) is 2.83. The van der Waals surface area contributed by atoms with Gasteiger partial charge in [-0.05, 0) is 114 Å². The summed E-state index contributed by atoms with van der Waals surface area (Å²) in [6, 6.07) is 22.9. The highest BCUT2D eigenvalue weighted by Gasteiger charge is 2.19. The van der Waals surface area contributed by atoms with E-state index in [1.807, 2.05) is 60.7 Å². The molecule has 0 radical (unpaired) electrons. The van der Waals surface area contributed by atoms with Crippen molar-refractivity contribution in [1.29, 1.82) is 0 Å². The Bertz CT molecular complexity index is 1180. The third-order valence-corrected chi connectivity index (χ3v) is 6.24. The van der Waals surface area contributed by atoms with E-state index in [0.717, 1.165) is 52.9 Å². The topological polar surface area (TPSA) is 36.4 Å². The van der Waals surface area contributed by atoms with Crippen molar-refractivity contribution in [2.24, 2.45) is 5.10 Å². The molecule has 0 saturated heterocycles. The van der Waals surface area contributed by atoms with Crippen molar-refractivity contribution in [3.05, 3.63) is 110 Å². The van der Waals surface area contributed by atoms with Crippen LogP contribution in [-0.2, 0) is 0 Å². The minimum Gasteiger partial charge on any atom is -0.331 e. The predicted molar refractivity (Wildman–Crippen MR) is 151 cm³/mol. The third kappa shape index (κ3) is 6.94. The Morgan fingerprint density at radius 3 is 1.62 bits per heavy atom. The normalized spacial score (nSPS) is 17.2. The summed E-state index contributed by atoms with van der Waals surface area (Å²) in [6.07, 6.45) is 7.17. The zero-order chi connectivity index (χ0) is 23.9. The molecule has 3 aromatic rings. The Hall–Kier alpha value is -2.63. The van der Waals surface area contributed by atoms with Gasteiger partial charge in [0.2, 0.25) is 0 Å². The summed E-state index contributed by atoms with van der Waals surface area (Å²) in [5, 5.41) is 10.4. The molecule has 0 spiro atoms.